The maximum absolute atomic E-state index is 12.1. The number of ether oxygens (including phenoxy) is 1. The Morgan fingerprint density at radius 2 is 2.29 bits per heavy atom. The first-order chi connectivity index (χ1) is 10.1. The smallest absolute Gasteiger partial charge is 0.264 e. The fourth-order valence-corrected chi connectivity index (χ4v) is 2.02. The number of aromatic nitrogens is 1. The molecule has 0 bridgehead atoms. The van der Waals surface area contributed by atoms with Crippen molar-refractivity contribution in [2.45, 2.75) is 6.54 Å². The van der Waals surface area contributed by atoms with Crippen LogP contribution in [-0.4, -0.2) is 30.6 Å². The van der Waals surface area contributed by atoms with Gasteiger partial charge in [0.25, 0.3) is 11.8 Å². The highest BCUT2D eigenvalue weighted by molar-refractivity contribution is 6.00. The zero-order valence-corrected chi connectivity index (χ0v) is 11.3. The predicted octanol–water partition coefficient (Wildman–Crippen LogP) is 0.960. The Morgan fingerprint density at radius 1 is 1.43 bits per heavy atom. The molecule has 1 aromatic heterocycles. The van der Waals surface area contributed by atoms with E-state index in [1.165, 1.54) is 11.1 Å². The Labute approximate surface area is 120 Å². The highest BCUT2D eigenvalue weighted by Crippen LogP contribution is 2.31. The summed E-state index contributed by atoms with van der Waals surface area (Å²) in [4.78, 5) is 25.2. The molecule has 7 nitrogen and oxygen atoms in total. The molecule has 3 rings (SSSR count). The van der Waals surface area contributed by atoms with E-state index in [1.54, 1.807) is 31.3 Å². The Bertz CT molecular complexity index is 682. The van der Waals surface area contributed by atoms with Gasteiger partial charge in [0, 0.05) is 18.7 Å². The molecule has 2 aromatic rings. The van der Waals surface area contributed by atoms with Crippen molar-refractivity contribution in [3.63, 3.8) is 0 Å². The number of benzene rings is 1. The van der Waals surface area contributed by atoms with Gasteiger partial charge in [-0.25, -0.2) is 0 Å². The summed E-state index contributed by atoms with van der Waals surface area (Å²) in [6.45, 7) is 0.266. The number of likely N-dealkylation sites (N-methyl/N-ethyl adjacent to an activating group) is 1. The number of anilines is 1. The van der Waals surface area contributed by atoms with E-state index in [9.17, 15) is 9.59 Å². The lowest BCUT2D eigenvalue weighted by molar-refractivity contribution is -0.120. The van der Waals surface area contributed by atoms with Gasteiger partial charge in [-0.05, 0) is 18.2 Å². The van der Waals surface area contributed by atoms with E-state index in [2.05, 4.69) is 10.5 Å². The van der Waals surface area contributed by atoms with Crippen LogP contribution in [0.15, 0.2) is 35.0 Å². The minimum Gasteiger partial charge on any atom is -0.482 e. The number of hydrogen-bond acceptors (Lipinski definition) is 5. The number of carbonyl (C=O) groups excluding carboxylic acids is 2. The molecule has 0 radical (unpaired) electrons. The highest BCUT2D eigenvalue weighted by atomic mass is 16.5. The van der Waals surface area contributed by atoms with Gasteiger partial charge in [0.2, 0.25) is 0 Å². The second-order valence-corrected chi connectivity index (χ2v) is 4.59. The molecule has 21 heavy (non-hydrogen) atoms. The zero-order chi connectivity index (χ0) is 14.8. The van der Waals surface area contributed by atoms with Gasteiger partial charge >= 0.3 is 0 Å². The highest BCUT2D eigenvalue weighted by Gasteiger charge is 2.23. The van der Waals surface area contributed by atoms with Gasteiger partial charge in [-0.2, -0.15) is 0 Å². The fraction of sp³-hybridized carbons (Fsp3) is 0.214. The van der Waals surface area contributed by atoms with Crippen molar-refractivity contribution in [1.82, 2.24) is 10.5 Å². The van der Waals surface area contributed by atoms with E-state index in [4.69, 9.17) is 9.26 Å². The summed E-state index contributed by atoms with van der Waals surface area (Å²) in [5.74, 6) is 0.739. The average molecular weight is 287 g/mol. The van der Waals surface area contributed by atoms with Gasteiger partial charge in [-0.1, -0.05) is 5.16 Å². The number of fused-ring (bicyclic) bond motifs is 1. The molecular weight excluding hydrogens is 274 g/mol. The molecule has 1 aliphatic rings. The van der Waals surface area contributed by atoms with Crippen LogP contribution in [0, 0.1) is 0 Å². The van der Waals surface area contributed by atoms with Crippen LogP contribution in [0.3, 0.4) is 0 Å². The summed E-state index contributed by atoms with van der Waals surface area (Å²) in [6, 6.07) is 6.63. The third-order valence-electron chi connectivity index (χ3n) is 3.22. The van der Waals surface area contributed by atoms with Crippen molar-refractivity contribution in [1.29, 1.82) is 0 Å². The average Bonchev–Trinajstić information content (AvgIpc) is 3.02. The van der Waals surface area contributed by atoms with Crippen molar-refractivity contribution in [3.8, 4) is 5.75 Å². The molecule has 1 N–H and O–H groups in total. The lowest BCUT2D eigenvalue weighted by Crippen LogP contribution is -2.35. The van der Waals surface area contributed by atoms with Crippen LogP contribution in [0.2, 0.25) is 0 Å². The van der Waals surface area contributed by atoms with E-state index in [-0.39, 0.29) is 25.0 Å². The van der Waals surface area contributed by atoms with Crippen LogP contribution in [0.1, 0.15) is 16.1 Å². The van der Waals surface area contributed by atoms with Crippen molar-refractivity contribution in [2.75, 3.05) is 18.6 Å². The van der Waals surface area contributed by atoms with E-state index < -0.39 is 0 Å². The van der Waals surface area contributed by atoms with Crippen LogP contribution < -0.4 is 15.0 Å². The summed E-state index contributed by atoms with van der Waals surface area (Å²) in [6.07, 6.45) is 1.51. The zero-order valence-electron chi connectivity index (χ0n) is 11.3. The summed E-state index contributed by atoms with van der Waals surface area (Å²) in [5, 5.41) is 6.28. The number of hydrogen-bond donors (Lipinski definition) is 1. The number of amides is 2. The number of carbonyl (C=O) groups is 2. The van der Waals surface area contributed by atoms with Crippen LogP contribution in [-0.2, 0) is 11.3 Å². The predicted molar refractivity (Wildman–Crippen MR) is 73.0 cm³/mol. The van der Waals surface area contributed by atoms with E-state index >= 15 is 0 Å². The molecule has 7 heteroatoms. The largest absolute Gasteiger partial charge is 0.482 e. The fourth-order valence-electron chi connectivity index (χ4n) is 2.02. The second kappa shape index (κ2) is 5.28. The molecule has 0 atom stereocenters. The van der Waals surface area contributed by atoms with Crippen LogP contribution >= 0.6 is 0 Å². The normalized spacial score (nSPS) is 13.6. The molecule has 0 aliphatic carbocycles. The third kappa shape index (κ3) is 2.58. The first-order valence-corrected chi connectivity index (χ1v) is 6.36. The van der Waals surface area contributed by atoms with Gasteiger partial charge in [0.05, 0.1) is 18.4 Å². The summed E-state index contributed by atoms with van der Waals surface area (Å²) in [7, 11) is 1.65. The summed E-state index contributed by atoms with van der Waals surface area (Å²) < 4.78 is 10.2. The van der Waals surface area contributed by atoms with Gasteiger partial charge in [0.1, 0.15) is 5.75 Å². The third-order valence-corrected chi connectivity index (χ3v) is 3.22. The molecule has 0 saturated heterocycles. The SMILES string of the molecule is CN1C(=O)COc2ccc(C(=O)NCc3ccno3)cc21. The van der Waals surface area contributed by atoms with E-state index in [0.717, 1.165) is 0 Å². The number of rotatable bonds is 3. The van der Waals surface area contributed by atoms with Crippen molar-refractivity contribution < 1.29 is 18.8 Å². The Kier molecular flexibility index (Phi) is 3.31. The first-order valence-electron chi connectivity index (χ1n) is 6.36. The van der Waals surface area contributed by atoms with Crippen LogP contribution in [0.5, 0.6) is 5.75 Å². The van der Waals surface area contributed by atoms with E-state index in [0.29, 0.717) is 22.8 Å². The van der Waals surface area contributed by atoms with Crippen molar-refractivity contribution in [3.05, 3.63) is 41.8 Å². The molecule has 2 heterocycles. The maximum Gasteiger partial charge on any atom is 0.264 e. The molecule has 0 saturated carbocycles. The van der Waals surface area contributed by atoms with Crippen LogP contribution in [0.4, 0.5) is 5.69 Å². The first kappa shape index (κ1) is 13.2. The molecule has 0 spiro atoms. The molecule has 0 fully saturated rings. The summed E-state index contributed by atoms with van der Waals surface area (Å²) >= 11 is 0. The lowest BCUT2D eigenvalue weighted by Gasteiger charge is -2.26. The van der Waals surface area contributed by atoms with Gasteiger partial charge in [-0.3, -0.25) is 9.59 Å². The van der Waals surface area contributed by atoms with Crippen LogP contribution in [0.25, 0.3) is 0 Å². The van der Waals surface area contributed by atoms with Gasteiger partial charge < -0.3 is 19.5 Å². The monoisotopic (exact) mass is 287 g/mol. The molecule has 1 aliphatic heterocycles. The maximum atomic E-state index is 12.1. The lowest BCUT2D eigenvalue weighted by atomic mass is 10.1. The molecule has 1 aromatic carbocycles. The quantitative estimate of drug-likeness (QED) is 0.909. The van der Waals surface area contributed by atoms with Gasteiger partial charge in [0.15, 0.2) is 12.4 Å². The molecule has 2 amide bonds. The summed E-state index contributed by atoms with van der Waals surface area (Å²) in [5.41, 5.74) is 1.02. The molecule has 0 unspecified atom stereocenters. The van der Waals surface area contributed by atoms with Crippen molar-refractivity contribution >= 4 is 17.5 Å². The Morgan fingerprint density at radius 3 is 3.05 bits per heavy atom. The minimum atomic E-state index is -0.263. The minimum absolute atomic E-state index is 0.0144. The van der Waals surface area contributed by atoms with Gasteiger partial charge in [-0.15, -0.1) is 0 Å². The number of nitrogens with one attached hydrogen (secondary N) is 1. The van der Waals surface area contributed by atoms with Crippen molar-refractivity contribution in [2.24, 2.45) is 0 Å². The number of nitrogens with zero attached hydrogens (tertiary/aromatic N) is 2. The standard InChI is InChI=1S/C14H13N3O4/c1-17-11-6-9(2-3-12(11)20-8-13(17)18)14(19)15-7-10-4-5-16-21-10/h2-6H,7-8H2,1H3,(H,15,19). The van der Waals surface area contributed by atoms with E-state index in [1.807, 2.05) is 0 Å². The topological polar surface area (TPSA) is 84.7 Å². The Balaban J connectivity index is 1.76. The molecular formula is C14H13N3O4. The Hall–Kier alpha value is -2.83. The molecule has 108 valence electrons. The second-order valence-electron chi connectivity index (χ2n) is 4.59.